The van der Waals surface area contributed by atoms with Gasteiger partial charge in [-0.1, -0.05) is 49.4 Å². The summed E-state index contributed by atoms with van der Waals surface area (Å²) in [7, 11) is -3.58. The van der Waals surface area contributed by atoms with E-state index in [1.165, 1.54) is 4.31 Å². The minimum atomic E-state index is -3.58. The Morgan fingerprint density at radius 1 is 0.879 bits per heavy atom. The van der Waals surface area contributed by atoms with Crippen LogP contribution in [0.25, 0.3) is 10.8 Å². The number of nitrogens with zero attached hydrogens (tertiary/aromatic N) is 2. The predicted molar refractivity (Wildman–Crippen MR) is 134 cm³/mol. The maximum atomic E-state index is 13.5. The summed E-state index contributed by atoms with van der Waals surface area (Å²) >= 11 is 1.82. The highest BCUT2D eigenvalue weighted by Crippen LogP contribution is 2.38. The van der Waals surface area contributed by atoms with Crippen LogP contribution in [0.5, 0.6) is 0 Å². The van der Waals surface area contributed by atoms with Gasteiger partial charge in [-0.15, -0.1) is 11.8 Å². The molecule has 5 nitrogen and oxygen atoms in total. The first-order valence-corrected chi connectivity index (χ1v) is 13.8. The molecule has 1 fully saturated rings. The summed E-state index contributed by atoms with van der Waals surface area (Å²) in [6.07, 6.45) is 2.04. The van der Waals surface area contributed by atoms with Crippen molar-refractivity contribution < 1.29 is 13.2 Å². The minimum Gasteiger partial charge on any atom is -0.311 e. The summed E-state index contributed by atoms with van der Waals surface area (Å²) < 4.78 is 28.1. The van der Waals surface area contributed by atoms with Crippen molar-refractivity contribution in [1.82, 2.24) is 4.31 Å². The lowest BCUT2D eigenvalue weighted by Gasteiger charge is -2.33. The Bertz CT molecular complexity index is 1280. The molecular formula is C26H28N2O3S2. The van der Waals surface area contributed by atoms with E-state index in [-0.39, 0.29) is 11.8 Å². The Hall–Kier alpha value is -2.35. The average molecular weight is 481 g/mol. The summed E-state index contributed by atoms with van der Waals surface area (Å²) in [5.74, 6) is -0.0283. The topological polar surface area (TPSA) is 57.7 Å². The Kier molecular flexibility index (Phi) is 6.20. The maximum absolute atomic E-state index is 13.5. The lowest BCUT2D eigenvalue weighted by atomic mass is 9.96. The van der Waals surface area contributed by atoms with Crippen LogP contribution in [0.4, 0.5) is 5.69 Å². The Morgan fingerprint density at radius 3 is 2.36 bits per heavy atom. The molecule has 0 aliphatic carbocycles. The monoisotopic (exact) mass is 480 g/mol. The Morgan fingerprint density at radius 2 is 1.58 bits per heavy atom. The van der Waals surface area contributed by atoms with Crippen LogP contribution in [-0.2, 0) is 14.8 Å². The molecule has 5 rings (SSSR count). The number of fused-ring (bicyclic) bond motifs is 2. The highest BCUT2D eigenvalue weighted by Gasteiger charge is 2.35. The number of hydrogen-bond acceptors (Lipinski definition) is 4. The van der Waals surface area contributed by atoms with Crippen LogP contribution in [0.2, 0.25) is 0 Å². The van der Waals surface area contributed by atoms with Crippen LogP contribution in [0, 0.1) is 5.92 Å². The number of sulfonamides is 1. The zero-order valence-corrected chi connectivity index (χ0v) is 20.3. The van der Waals surface area contributed by atoms with Gasteiger partial charge in [0.15, 0.2) is 0 Å². The first kappa shape index (κ1) is 22.4. The van der Waals surface area contributed by atoms with E-state index in [1.54, 1.807) is 12.1 Å². The van der Waals surface area contributed by atoms with Crippen LogP contribution in [-0.4, -0.2) is 43.5 Å². The number of piperidine rings is 1. The molecule has 0 N–H and O–H groups in total. The molecule has 0 saturated carbocycles. The van der Waals surface area contributed by atoms with Gasteiger partial charge in [0.1, 0.15) is 0 Å². The van der Waals surface area contributed by atoms with E-state index in [1.807, 2.05) is 65.2 Å². The second kappa shape index (κ2) is 9.12. The van der Waals surface area contributed by atoms with Crippen LogP contribution >= 0.6 is 11.8 Å². The number of carbonyl (C=O) groups excluding carboxylic acids is 1. The molecule has 1 atom stereocenters. The van der Waals surface area contributed by atoms with Crippen LogP contribution in [0.3, 0.4) is 0 Å². The number of thioether (sulfide) groups is 1. The molecule has 172 valence electrons. The molecule has 0 radical (unpaired) electrons. The van der Waals surface area contributed by atoms with Gasteiger partial charge in [0, 0.05) is 35.7 Å². The molecule has 1 unspecified atom stereocenters. The summed E-state index contributed by atoms with van der Waals surface area (Å²) in [5.41, 5.74) is 0.989. The van der Waals surface area contributed by atoms with Gasteiger partial charge < -0.3 is 4.90 Å². The van der Waals surface area contributed by atoms with Gasteiger partial charge in [-0.3, -0.25) is 4.79 Å². The van der Waals surface area contributed by atoms with Crippen LogP contribution < -0.4 is 4.90 Å². The molecule has 3 aromatic rings. The first-order valence-electron chi connectivity index (χ1n) is 11.5. The number of para-hydroxylation sites is 1. The Balaban J connectivity index is 1.31. The largest absolute Gasteiger partial charge is 0.311 e. The van der Waals surface area contributed by atoms with Gasteiger partial charge in [-0.2, -0.15) is 4.31 Å². The van der Waals surface area contributed by atoms with E-state index in [2.05, 4.69) is 13.0 Å². The van der Waals surface area contributed by atoms with Gasteiger partial charge in [0.05, 0.1) is 10.6 Å². The molecule has 7 heteroatoms. The van der Waals surface area contributed by atoms with Gasteiger partial charge in [-0.25, -0.2) is 8.42 Å². The third-order valence-corrected chi connectivity index (χ3v) is 9.80. The molecule has 2 aliphatic heterocycles. The second-order valence-electron chi connectivity index (χ2n) is 8.86. The van der Waals surface area contributed by atoms with Crippen molar-refractivity contribution in [2.24, 2.45) is 5.92 Å². The smallest absolute Gasteiger partial charge is 0.243 e. The molecule has 0 aromatic heterocycles. The third-order valence-electron chi connectivity index (χ3n) is 6.67. The lowest BCUT2D eigenvalue weighted by molar-refractivity contribution is -0.123. The number of carbonyl (C=O) groups is 1. The first-order chi connectivity index (χ1) is 15.9. The number of rotatable bonds is 3. The van der Waals surface area contributed by atoms with Crippen molar-refractivity contribution >= 4 is 44.2 Å². The van der Waals surface area contributed by atoms with E-state index >= 15 is 0 Å². The average Bonchev–Trinajstić information content (AvgIpc) is 3.01. The molecule has 2 heterocycles. The SMILES string of the molecule is CC1CCN(C(=O)C2CCN(S(=O)(=O)c3ccc4ccccc4c3)CC2)c2ccccc2S1. The van der Waals surface area contributed by atoms with Gasteiger partial charge in [0.2, 0.25) is 15.9 Å². The predicted octanol–water partition coefficient (Wildman–Crippen LogP) is 5.16. The highest BCUT2D eigenvalue weighted by molar-refractivity contribution is 8.00. The second-order valence-corrected chi connectivity index (χ2v) is 12.3. The fourth-order valence-corrected chi connectivity index (χ4v) is 7.37. The maximum Gasteiger partial charge on any atom is 0.243 e. The highest BCUT2D eigenvalue weighted by atomic mass is 32.2. The van der Waals surface area contributed by atoms with Crippen LogP contribution in [0.15, 0.2) is 76.5 Å². The van der Waals surface area contributed by atoms with Gasteiger partial charge in [-0.05, 0) is 54.3 Å². The van der Waals surface area contributed by atoms with Crippen LogP contribution in [0.1, 0.15) is 26.2 Å². The van der Waals surface area contributed by atoms with Crippen molar-refractivity contribution in [3.63, 3.8) is 0 Å². The molecule has 1 saturated heterocycles. The fraction of sp³-hybridized carbons (Fsp3) is 0.346. The van der Waals surface area contributed by atoms with Crippen molar-refractivity contribution in [2.75, 3.05) is 24.5 Å². The van der Waals surface area contributed by atoms with E-state index in [0.717, 1.165) is 27.8 Å². The summed E-state index contributed by atoms with van der Waals surface area (Å²) in [5, 5.41) is 2.39. The minimum absolute atomic E-state index is 0.125. The van der Waals surface area contributed by atoms with Crippen molar-refractivity contribution in [3.05, 3.63) is 66.7 Å². The molecule has 33 heavy (non-hydrogen) atoms. The zero-order valence-electron chi connectivity index (χ0n) is 18.7. The zero-order chi connectivity index (χ0) is 23.0. The summed E-state index contributed by atoms with van der Waals surface area (Å²) in [4.78, 5) is 16.9. The normalized spacial score (nSPS) is 20.4. The standard InChI is InChI=1S/C26H28N2O3S2/c1-19-12-17-28(24-8-4-5-9-25(24)32-19)26(29)21-13-15-27(16-14-21)33(30,31)23-11-10-20-6-2-3-7-22(20)18-23/h2-11,18-19,21H,12-17H2,1H3. The number of hydrogen-bond donors (Lipinski definition) is 0. The quantitative estimate of drug-likeness (QED) is 0.520. The third kappa shape index (κ3) is 4.42. The van der Waals surface area contributed by atoms with Crippen molar-refractivity contribution in [1.29, 1.82) is 0 Å². The van der Waals surface area contributed by atoms with E-state index < -0.39 is 10.0 Å². The summed E-state index contributed by atoms with van der Waals surface area (Å²) in [6, 6.07) is 21.2. The molecule has 0 spiro atoms. The lowest BCUT2D eigenvalue weighted by Crippen LogP contribution is -2.44. The molecule has 2 aliphatic rings. The number of anilines is 1. The fourth-order valence-electron chi connectivity index (χ4n) is 4.76. The van der Waals surface area contributed by atoms with E-state index in [4.69, 9.17) is 0 Å². The van der Waals surface area contributed by atoms with Gasteiger partial charge in [0.25, 0.3) is 0 Å². The van der Waals surface area contributed by atoms with E-state index in [9.17, 15) is 13.2 Å². The van der Waals surface area contributed by atoms with E-state index in [0.29, 0.717) is 42.6 Å². The number of benzene rings is 3. The molecule has 1 amide bonds. The molecule has 3 aromatic carbocycles. The summed E-state index contributed by atoms with van der Waals surface area (Å²) in [6.45, 7) is 3.64. The van der Waals surface area contributed by atoms with Gasteiger partial charge >= 0.3 is 0 Å². The van der Waals surface area contributed by atoms with Crippen molar-refractivity contribution in [3.8, 4) is 0 Å². The molecular weight excluding hydrogens is 452 g/mol. The Labute approximate surface area is 199 Å². The van der Waals surface area contributed by atoms with Crippen molar-refractivity contribution in [2.45, 2.75) is 41.2 Å². The number of amides is 1. The molecule has 0 bridgehead atoms.